The molecule has 0 amide bonds. The van der Waals surface area contributed by atoms with Crippen molar-refractivity contribution in [2.24, 2.45) is 0 Å². The van der Waals surface area contributed by atoms with Crippen molar-refractivity contribution in [1.82, 2.24) is 9.30 Å². The molecule has 0 aliphatic rings. The van der Waals surface area contributed by atoms with Crippen molar-refractivity contribution >= 4 is 11.0 Å². The van der Waals surface area contributed by atoms with Crippen LogP contribution in [0.5, 0.6) is 0 Å². The first-order valence-corrected chi connectivity index (χ1v) is 5.65. The fourth-order valence-corrected chi connectivity index (χ4v) is 2.12. The van der Waals surface area contributed by atoms with Crippen LogP contribution in [0.2, 0.25) is 0 Å². The summed E-state index contributed by atoms with van der Waals surface area (Å²) in [7, 11) is 1.49. The van der Waals surface area contributed by atoms with Gasteiger partial charge in [-0.25, -0.2) is 4.79 Å². The maximum absolute atomic E-state index is 12.3. The Balaban J connectivity index is 2.43. The molecule has 0 atom stereocenters. The number of imidazole rings is 1. The predicted octanol–water partition coefficient (Wildman–Crippen LogP) is 1.85. The lowest BCUT2D eigenvalue weighted by atomic mass is 10.3. The second-order valence-corrected chi connectivity index (χ2v) is 3.92. The standard InChI is InChI=1S/C14H12N2O2/c1-18-16-13-10-6-5-9-12(13)15(14(16)17)11-7-3-2-4-8-11/h2-10H,1H3. The molecule has 1 aromatic heterocycles. The van der Waals surface area contributed by atoms with Crippen LogP contribution >= 0.6 is 0 Å². The largest absolute Gasteiger partial charge is 0.412 e. The highest BCUT2D eigenvalue weighted by Gasteiger charge is 2.13. The summed E-state index contributed by atoms with van der Waals surface area (Å²) in [6.45, 7) is 0. The Morgan fingerprint density at radius 1 is 0.889 bits per heavy atom. The van der Waals surface area contributed by atoms with E-state index in [0.717, 1.165) is 16.7 Å². The molecule has 2 aromatic carbocycles. The van der Waals surface area contributed by atoms with Crippen LogP contribution in [0, 0.1) is 0 Å². The highest BCUT2D eigenvalue weighted by atomic mass is 16.7. The third-order valence-electron chi connectivity index (χ3n) is 2.90. The SMILES string of the molecule is COn1c(=O)n(-c2ccccc2)c2ccccc21. The Morgan fingerprint density at radius 2 is 1.50 bits per heavy atom. The van der Waals surface area contributed by atoms with Crippen LogP contribution in [-0.4, -0.2) is 16.4 Å². The number of rotatable bonds is 2. The molecule has 0 bridgehead atoms. The van der Waals surface area contributed by atoms with E-state index in [9.17, 15) is 4.79 Å². The van der Waals surface area contributed by atoms with Crippen molar-refractivity contribution in [3.63, 3.8) is 0 Å². The van der Waals surface area contributed by atoms with Crippen LogP contribution in [0.25, 0.3) is 16.7 Å². The average Bonchev–Trinajstić information content (AvgIpc) is 2.71. The second kappa shape index (κ2) is 4.07. The number of nitrogens with zero attached hydrogens (tertiary/aromatic N) is 2. The van der Waals surface area contributed by atoms with Gasteiger partial charge in [-0.3, -0.25) is 4.57 Å². The first-order valence-electron chi connectivity index (χ1n) is 5.65. The first kappa shape index (κ1) is 10.7. The van der Waals surface area contributed by atoms with Crippen molar-refractivity contribution in [2.45, 2.75) is 0 Å². The number of hydrogen-bond donors (Lipinski definition) is 0. The number of benzene rings is 2. The maximum Gasteiger partial charge on any atom is 0.366 e. The number of fused-ring (bicyclic) bond motifs is 1. The Labute approximate surface area is 104 Å². The van der Waals surface area contributed by atoms with Gasteiger partial charge in [0.25, 0.3) is 0 Å². The molecule has 0 unspecified atom stereocenters. The van der Waals surface area contributed by atoms with E-state index in [0.29, 0.717) is 0 Å². The molecule has 3 rings (SSSR count). The lowest BCUT2D eigenvalue weighted by molar-refractivity contribution is 0.167. The predicted molar refractivity (Wildman–Crippen MR) is 70.0 cm³/mol. The summed E-state index contributed by atoms with van der Waals surface area (Å²) >= 11 is 0. The lowest BCUT2D eigenvalue weighted by Crippen LogP contribution is -2.26. The van der Waals surface area contributed by atoms with Gasteiger partial charge in [0.2, 0.25) is 0 Å². The molecule has 0 fully saturated rings. The van der Waals surface area contributed by atoms with Gasteiger partial charge in [-0.05, 0) is 24.3 Å². The zero-order valence-corrected chi connectivity index (χ0v) is 9.91. The molecule has 90 valence electrons. The number of aromatic nitrogens is 2. The molecule has 0 aliphatic carbocycles. The highest BCUT2D eigenvalue weighted by Crippen LogP contribution is 2.16. The van der Waals surface area contributed by atoms with Gasteiger partial charge in [0.1, 0.15) is 12.6 Å². The zero-order chi connectivity index (χ0) is 12.5. The first-order chi connectivity index (χ1) is 8.83. The van der Waals surface area contributed by atoms with E-state index in [4.69, 9.17) is 4.84 Å². The van der Waals surface area contributed by atoms with Gasteiger partial charge in [0.15, 0.2) is 0 Å². The van der Waals surface area contributed by atoms with Gasteiger partial charge in [-0.1, -0.05) is 30.3 Å². The van der Waals surface area contributed by atoms with Crippen molar-refractivity contribution in [2.75, 3.05) is 7.11 Å². The highest BCUT2D eigenvalue weighted by molar-refractivity contribution is 5.77. The van der Waals surface area contributed by atoms with Crippen LogP contribution in [-0.2, 0) is 0 Å². The zero-order valence-electron chi connectivity index (χ0n) is 9.91. The van der Waals surface area contributed by atoms with Crippen LogP contribution in [0.3, 0.4) is 0 Å². The minimum Gasteiger partial charge on any atom is -0.412 e. The summed E-state index contributed by atoms with van der Waals surface area (Å²) in [5.74, 6) is 0. The van der Waals surface area contributed by atoms with Crippen LogP contribution in [0.1, 0.15) is 0 Å². The molecule has 0 aliphatic heterocycles. The molecule has 0 spiro atoms. The molecule has 4 heteroatoms. The van der Waals surface area contributed by atoms with Crippen molar-refractivity contribution in [1.29, 1.82) is 0 Å². The van der Waals surface area contributed by atoms with Crippen molar-refractivity contribution in [3.05, 3.63) is 65.1 Å². The molecule has 4 nitrogen and oxygen atoms in total. The summed E-state index contributed by atoms with van der Waals surface area (Å²) in [6.07, 6.45) is 0. The monoisotopic (exact) mass is 240 g/mol. The summed E-state index contributed by atoms with van der Waals surface area (Å²) in [5.41, 5.74) is 2.21. The topological polar surface area (TPSA) is 36.2 Å². The normalized spacial score (nSPS) is 10.7. The molecule has 0 saturated heterocycles. The molecule has 0 N–H and O–H groups in total. The van der Waals surface area contributed by atoms with E-state index in [2.05, 4.69) is 0 Å². The van der Waals surface area contributed by atoms with E-state index in [1.807, 2.05) is 54.6 Å². The Kier molecular flexibility index (Phi) is 2.41. The van der Waals surface area contributed by atoms with Gasteiger partial charge >= 0.3 is 5.69 Å². The fourth-order valence-electron chi connectivity index (χ4n) is 2.12. The van der Waals surface area contributed by atoms with Crippen LogP contribution in [0.15, 0.2) is 59.4 Å². The molecular weight excluding hydrogens is 228 g/mol. The summed E-state index contributed by atoms with van der Waals surface area (Å²) in [5, 5.41) is 0. The quantitative estimate of drug-likeness (QED) is 0.685. The molecule has 0 saturated carbocycles. The van der Waals surface area contributed by atoms with E-state index in [1.165, 1.54) is 11.8 Å². The van der Waals surface area contributed by atoms with Crippen LogP contribution < -0.4 is 10.5 Å². The van der Waals surface area contributed by atoms with Crippen LogP contribution in [0.4, 0.5) is 0 Å². The molecule has 0 radical (unpaired) electrons. The Bertz CT molecular complexity index is 741. The van der Waals surface area contributed by atoms with Crippen molar-refractivity contribution < 1.29 is 4.84 Å². The third-order valence-corrected chi connectivity index (χ3v) is 2.90. The van der Waals surface area contributed by atoms with E-state index in [1.54, 1.807) is 4.57 Å². The summed E-state index contributed by atoms with van der Waals surface area (Å²) in [4.78, 5) is 17.5. The van der Waals surface area contributed by atoms with Gasteiger partial charge < -0.3 is 4.84 Å². The van der Waals surface area contributed by atoms with Gasteiger partial charge in [0, 0.05) is 0 Å². The second-order valence-electron chi connectivity index (χ2n) is 3.92. The lowest BCUT2D eigenvalue weighted by Gasteiger charge is -2.01. The van der Waals surface area contributed by atoms with Gasteiger partial charge in [-0.15, -0.1) is 4.73 Å². The smallest absolute Gasteiger partial charge is 0.366 e. The maximum atomic E-state index is 12.3. The molecule has 18 heavy (non-hydrogen) atoms. The Morgan fingerprint density at radius 3 is 2.17 bits per heavy atom. The molecular formula is C14H12N2O2. The third kappa shape index (κ3) is 1.43. The van der Waals surface area contributed by atoms with Gasteiger partial charge in [0.05, 0.1) is 11.2 Å². The minimum atomic E-state index is -0.204. The van der Waals surface area contributed by atoms with Crippen molar-refractivity contribution in [3.8, 4) is 5.69 Å². The summed E-state index contributed by atoms with van der Waals surface area (Å²) in [6, 6.07) is 17.1. The fraction of sp³-hybridized carbons (Fsp3) is 0.0714. The molecule has 1 heterocycles. The van der Waals surface area contributed by atoms with E-state index >= 15 is 0 Å². The van der Waals surface area contributed by atoms with Gasteiger partial charge in [-0.2, -0.15) is 0 Å². The molecule has 3 aromatic rings. The Hall–Kier alpha value is -2.49. The van der Waals surface area contributed by atoms with E-state index < -0.39 is 0 Å². The van der Waals surface area contributed by atoms with E-state index in [-0.39, 0.29) is 5.69 Å². The number of hydrogen-bond acceptors (Lipinski definition) is 2. The summed E-state index contributed by atoms with van der Waals surface area (Å²) < 4.78 is 2.93. The number of para-hydroxylation sites is 3. The minimum absolute atomic E-state index is 0.204. The average molecular weight is 240 g/mol.